The largest absolute Gasteiger partial charge is 0.334 e. The van der Waals surface area contributed by atoms with E-state index >= 15 is 0 Å². The molecule has 2 aliphatic rings. The molecule has 1 heterocycles. The van der Waals surface area contributed by atoms with E-state index in [1.807, 2.05) is 30.0 Å². The number of benzene rings is 1. The van der Waals surface area contributed by atoms with Crippen LogP contribution in [0.4, 0.5) is 5.69 Å². The Balaban J connectivity index is 1.68. The van der Waals surface area contributed by atoms with E-state index in [-0.39, 0.29) is 0 Å². The summed E-state index contributed by atoms with van der Waals surface area (Å²) in [4.78, 5) is 4.55. The van der Waals surface area contributed by atoms with Gasteiger partial charge in [-0.05, 0) is 52.9 Å². The van der Waals surface area contributed by atoms with Crippen LogP contribution in [-0.4, -0.2) is 17.0 Å². The molecular formula is C12H12BrClN2S. The molecule has 0 spiro atoms. The molecule has 90 valence electrons. The monoisotopic (exact) mass is 330 g/mol. The zero-order valence-electron chi connectivity index (χ0n) is 9.12. The Kier molecular flexibility index (Phi) is 3.37. The highest BCUT2D eigenvalue weighted by Crippen LogP contribution is 2.42. The van der Waals surface area contributed by atoms with Gasteiger partial charge in [-0.2, -0.15) is 0 Å². The topological polar surface area (TPSA) is 24.4 Å². The average Bonchev–Trinajstić information content (AvgIpc) is 3.05. The van der Waals surface area contributed by atoms with Crippen LogP contribution in [0.5, 0.6) is 0 Å². The summed E-state index contributed by atoms with van der Waals surface area (Å²) >= 11 is 11.4. The zero-order valence-corrected chi connectivity index (χ0v) is 12.3. The Morgan fingerprint density at radius 3 is 3.00 bits per heavy atom. The molecule has 1 aliphatic heterocycles. The second kappa shape index (κ2) is 4.82. The van der Waals surface area contributed by atoms with Crippen molar-refractivity contribution in [3.63, 3.8) is 0 Å². The summed E-state index contributed by atoms with van der Waals surface area (Å²) < 4.78 is 1.01. The third-order valence-electron chi connectivity index (χ3n) is 3.00. The minimum atomic E-state index is 0.690. The number of anilines is 1. The molecule has 5 heteroatoms. The number of hydrogen-bond donors (Lipinski definition) is 1. The standard InChI is InChI=1S/C12H12BrClN2S/c13-9-4-3-8(14)5-10(9)16-12-15-6-11(17-12)7-1-2-7/h3-5,7,11H,1-2,6H2,(H,15,16). The van der Waals surface area contributed by atoms with Crippen LogP contribution in [0, 0.1) is 5.92 Å². The van der Waals surface area contributed by atoms with Crippen LogP contribution in [0.2, 0.25) is 5.02 Å². The van der Waals surface area contributed by atoms with Crippen molar-refractivity contribution in [2.75, 3.05) is 11.9 Å². The van der Waals surface area contributed by atoms with Crippen LogP contribution in [0.1, 0.15) is 12.8 Å². The van der Waals surface area contributed by atoms with Crippen LogP contribution in [-0.2, 0) is 0 Å². The fraction of sp³-hybridized carbons (Fsp3) is 0.417. The maximum Gasteiger partial charge on any atom is 0.161 e. The van der Waals surface area contributed by atoms with Gasteiger partial charge < -0.3 is 5.32 Å². The first kappa shape index (κ1) is 11.9. The molecule has 1 unspecified atom stereocenters. The first-order valence-corrected chi connectivity index (χ1v) is 7.70. The van der Waals surface area contributed by atoms with Gasteiger partial charge in [-0.3, -0.25) is 4.99 Å². The number of halogens is 2. The van der Waals surface area contributed by atoms with E-state index < -0.39 is 0 Å². The summed E-state index contributed by atoms with van der Waals surface area (Å²) in [7, 11) is 0. The van der Waals surface area contributed by atoms with Gasteiger partial charge in [0.05, 0.1) is 12.2 Å². The van der Waals surface area contributed by atoms with Gasteiger partial charge in [0.2, 0.25) is 0 Å². The predicted molar refractivity (Wildman–Crippen MR) is 79.2 cm³/mol. The summed E-state index contributed by atoms with van der Waals surface area (Å²) in [6.07, 6.45) is 2.75. The summed E-state index contributed by atoms with van der Waals surface area (Å²) in [6.45, 7) is 0.954. The first-order chi connectivity index (χ1) is 8.22. The molecule has 0 saturated heterocycles. The Bertz CT molecular complexity index is 474. The third-order valence-corrected chi connectivity index (χ3v) is 5.21. The minimum Gasteiger partial charge on any atom is -0.334 e. The van der Waals surface area contributed by atoms with Gasteiger partial charge in [-0.15, -0.1) is 0 Å². The maximum absolute atomic E-state index is 5.98. The highest BCUT2D eigenvalue weighted by molar-refractivity contribution is 9.10. The third kappa shape index (κ3) is 2.80. The second-order valence-corrected chi connectivity index (χ2v) is 6.91. The SMILES string of the molecule is Clc1ccc(Br)c(NC2=NCC(C3CC3)S2)c1. The summed E-state index contributed by atoms with van der Waals surface area (Å²) in [5, 5.41) is 5.79. The molecule has 3 rings (SSSR count). The fourth-order valence-corrected chi connectivity index (χ4v) is 3.62. The van der Waals surface area contributed by atoms with E-state index in [1.54, 1.807) is 0 Å². The highest BCUT2D eigenvalue weighted by Gasteiger charge is 2.35. The summed E-state index contributed by atoms with van der Waals surface area (Å²) in [6, 6.07) is 5.73. The van der Waals surface area contributed by atoms with Crippen molar-refractivity contribution in [1.82, 2.24) is 0 Å². The smallest absolute Gasteiger partial charge is 0.161 e. The minimum absolute atomic E-state index is 0.690. The quantitative estimate of drug-likeness (QED) is 0.869. The summed E-state index contributed by atoms with van der Waals surface area (Å²) in [5.41, 5.74) is 0.986. The molecule has 0 bridgehead atoms. The lowest BCUT2D eigenvalue weighted by Gasteiger charge is -2.09. The zero-order chi connectivity index (χ0) is 11.8. The van der Waals surface area contributed by atoms with Crippen molar-refractivity contribution < 1.29 is 0 Å². The van der Waals surface area contributed by atoms with E-state index in [4.69, 9.17) is 11.6 Å². The van der Waals surface area contributed by atoms with Gasteiger partial charge in [0.15, 0.2) is 5.17 Å². The molecule has 2 nitrogen and oxygen atoms in total. The van der Waals surface area contributed by atoms with Crippen molar-refractivity contribution in [2.45, 2.75) is 18.1 Å². The van der Waals surface area contributed by atoms with Crippen molar-refractivity contribution in [1.29, 1.82) is 0 Å². The lowest BCUT2D eigenvalue weighted by molar-refractivity contribution is 0.773. The van der Waals surface area contributed by atoms with E-state index in [0.29, 0.717) is 5.25 Å². The number of rotatable bonds is 2. The van der Waals surface area contributed by atoms with Gasteiger partial charge in [0.25, 0.3) is 0 Å². The number of thioether (sulfide) groups is 1. The Labute approximate surface area is 118 Å². The van der Waals surface area contributed by atoms with Crippen molar-refractivity contribution in [3.8, 4) is 0 Å². The van der Waals surface area contributed by atoms with Crippen LogP contribution < -0.4 is 5.32 Å². The van der Waals surface area contributed by atoms with E-state index in [1.165, 1.54) is 12.8 Å². The normalized spacial score (nSPS) is 23.6. The molecule has 1 aromatic rings. The molecular weight excluding hydrogens is 320 g/mol. The van der Waals surface area contributed by atoms with E-state index in [9.17, 15) is 0 Å². The molecule has 0 aromatic heterocycles. The van der Waals surface area contributed by atoms with Gasteiger partial charge in [0.1, 0.15) is 0 Å². The number of nitrogens with zero attached hydrogens (tertiary/aromatic N) is 1. The predicted octanol–water partition coefficient (Wildman–Crippen LogP) is 4.40. The van der Waals surface area contributed by atoms with Crippen molar-refractivity contribution in [2.24, 2.45) is 10.9 Å². The molecule has 0 radical (unpaired) electrons. The van der Waals surface area contributed by atoms with Crippen LogP contribution in [0.25, 0.3) is 0 Å². The fourth-order valence-electron chi connectivity index (χ4n) is 1.88. The van der Waals surface area contributed by atoms with Gasteiger partial charge >= 0.3 is 0 Å². The first-order valence-electron chi connectivity index (χ1n) is 5.65. The molecule has 1 atom stereocenters. The maximum atomic E-state index is 5.98. The molecule has 1 fully saturated rings. The van der Waals surface area contributed by atoms with Crippen molar-refractivity contribution >= 4 is 50.1 Å². The van der Waals surface area contributed by atoms with E-state index in [2.05, 4.69) is 26.2 Å². The molecule has 1 saturated carbocycles. The highest BCUT2D eigenvalue weighted by atomic mass is 79.9. The van der Waals surface area contributed by atoms with Crippen LogP contribution >= 0.6 is 39.3 Å². The van der Waals surface area contributed by atoms with Gasteiger partial charge in [-0.1, -0.05) is 23.4 Å². The average molecular weight is 332 g/mol. The molecule has 1 aromatic carbocycles. The Morgan fingerprint density at radius 1 is 1.41 bits per heavy atom. The van der Waals surface area contributed by atoms with Crippen LogP contribution in [0.3, 0.4) is 0 Å². The molecule has 0 amide bonds. The number of aliphatic imine (C=N–C) groups is 1. The lowest BCUT2D eigenvalue weighted by Crippen LogP contribution is -2.09. The lowest BCUT2D eigenvalue weighted by atomic mass is 10.3. The second-order valence-electron chi connectivity index (χ2n) is 4.39. The molecule has 1 aliphatic carbocycles. The Morgan fingerprint density at radius 2 is 2.24 bits per heavy atom. The number of hydrogen-bond acceptors (Lipinski definition) is 3. The van der Waals surface area contributed by atoms with Crippen molar-refractivity contribution in [3.05, 3.63) is 27.7 Å². The van der Waals surface area contributed by atoms with Gasteiger partial charge in [-0.25, -0.2) is 0 Å². The summed E-state index contributed by atoms with van der Waals surface area (Å²) in [5.74, 6) is 0.894. The van der Waals surface area contributed by atoms with Crippen LogP contribution in [0.15, 0.2) is 27.7 Å². The molecule has 17 heavy (non-hydrogen) atoms. The number of nitrogens with one attached hydrogen (secondary N) is 1. The number of amidine groups is 1. The van der Waals surface area contributed by atoms with Gasteiger partial charge in [0, 0.05) is 14.7 Å². The Hall–Kier alpha value is -0.190. The molecule has 1 N–H and O–H groups in total. The van der Waals surface area contributed by atoms with E-state index in [0.717, 1.165) is 32.8 Å².